The van der Waals surface area contributed by atoms with E-state index in [1.807, 2.05) is 45.0 Å². The average Bonchev–Trinajstić information content (AvgIpc) is 2.82. The number of aryl methyl sites for hydroxylation is 1. The number of rotatable bonds is 7. The molecule has 9 heteroatoms. The Bertz CT molecular complexity index is 1370. The maximum atomic E-state index is 13.7. The summed E-state index contributed by atoms with van der Waals surface area (Å²) in [6, 6.07) is 17.5. The van der Waals surface area contributed by atoms with Gasteiger partial charge in [0.2, 0.25) is 5.91 Å². The van der Waals surface area contributed by atoms with Crippen molar-refractivity contribution in [3.8, 4) is 11.5 Å². The van der Waals surface area contributed by atoms with Crippen LogP contribution in [0.5, 0.6) is 11.5 Å². The second-order valence-electron chi connectivity index (χ2n) is 10.8. The van der Waals surface area contributed by atoms with Crippen molar-refractivity contribution in [3.63, 3.8) is 0 Å². The SMILES string of the molecule is Cc1cc(Oc2cc(Cl)ccc2CNC(=O)CC2(c3ccc(Br)cc3)CN(C(=O)OC(C)(C)C)C2)ccc1F. The molecule has 1 heterocycles. The highest BCUT2D eigenvalue weighted by Crippen LogP contribution is 2.39. The Kier molecular flexibility index (Phi) is 8.57. The summed E-state index contributed by atoms with van der Waals surface area (Å²) in [5.41, 5.74) is 1.02. The third-order valence-corrected chi connectivity index (χ3v) is 7.22. The van der Waals surface area contributed by atoms with Crippen molar-refractivity contribution in [2.24, 2.45) is 0 Å². The second-order valence-corrected chi connectivity index (χ2v) is 12.2. The maximum Gasteiger partial charge on any atom is 0.410 e. The average molecular weight is 618 g/mol. The fourth-order valence-electron chi connectivity index (χ4n) is 4.48. The molecule has 39 heavy (non-hydrogen) atoms. The third-order valence-electron chi connectivity index (χ3n) is 6.46. The first-order chi connectivity index (χ1) is 18.3. The summed E-state index contributed by atoms with van der Waals surface area (Å²) >= 11 is 9.66. The lowest BCUT2D eigenvalue weighted by atomic mass is 9.71. The number of likely N-dealkylation sites (tertiary alicyclic amines) is 1. The number of hydrogen-bond acceptors (Lipinski definition) is 4. The van der Waals surface area contributed by atoms with Gasteiger partial charge in [-0.05, 0) is 81.3 Å². The molecule has 4 rings (SSSR count). The first-order valence-corrected chi connectivity index (χ1v) is 13.7. The maximum absolute atomic E-state index is 13.7. The molecular formula is C30H31BrClFN2O4. The van der Waals surface area contributed by atoms with Gasteiger partial charge in [-0.25, -0.2) is 9.18 Å². The molecule has 1 saturated heterocycles. The van der Waals surface area contributed by atoms with Crippen LogP contribution in [0.1, 0.15) is 43.9 Å². The van der Waals surface area contributed by atoms with E-state index in [1.54, 1.807) is 42.2 Å². The first kappa shape index (κ1) is 28.9. The lowest BCUT2D eigenvalue weighted by Gasteiger charge is -2.50. The van der Waals surface area contributed by atoms with E-state index < -0.39 is 17.1 Å². The zero-order valence-electron chi connectivity index (χ0n) is 22.3. The monoisotopic (exact) mass is 616 g/mol. The lowest BCUT2D eigenvalue weighted by Crippen LogP contribution is -2.63. The van der Waals surface area contributed by atoms with E-state index in [9.17, 15) is 14.0 Å². The Morgan fingerprint density at radius 2 is 1.77 bits per heavy atom. The van der Waals surface area contributed by atoms with Crippen LogP contribution in [0.4, 0.5) is 9.18 Å². The van der Waals surface area contributed by atoms with Gasteiger partial charge >= 0.3 is 6.09 Å². The first-order valence-electron chi connectivity index (χ1n) is 12.6. The fourth-order valence-corrected chi connectivity index (χ4v) is 4.91. The number of ether oxygens (including phenoxy) is 2. The Balaban J connectivity index is 1.46. The minimum Gasteiger partial charge on any atom is -0.457 e. The zero-order valence-corrected chi connectivity index (χ0v) is 24.7. The molecule has 1 aliphatic heterocycles. The number of nitrogens with zero attached hydrogens (tertiary/aromatic N) is 1. The molecular weight excluding hydrogens is 587 g/mol. The summed E-state index contributed by atoms with van der Waals surface area (Å²) in [6.45, 7) is 8.08. The molecule has 0 bridgehead atoms. The highest BCUT2D eigenvalue weighted by atomic mass is 79.9. The quantitative estimate of drug-likeness (QED) is 0.298. The van der Waals surface area contributed by atoms with Gasteiger partial charge in [0.15, 0.2) is 0 Å². The lowest BCUT2D eigenvalue weighted by molar-refractivity contribution is -0.124. The van der Waals surface area contributed by atoms with Crippen LogP contribution in [0.3, 0.4) is 0 Å². The number of hydrogen-bond donors (Lipinski definition) is 1. The van der Waals surface area contributed by atoms with E-state index in [-0.39, 0.29) is 24.7 Å². The van der Waals surface area contributed by atoms with Crippen LogP contribution in [0.15, 0.2) is 65.1 Å². The summed E-state index contributed by atoms with van der Waals surface area (Å²) in [7, 11) is 0. The molecule has 6 nitrogen and oxygen atoms in total. The van der Waals surface area contributed by atoms with Gasteiger partial charge in [-0.15, -0.1) is 0 Å². The molecule has 1 N–H and O–H groups in total. The molecule has 1 aliphatic rings. The molecule has 0 saturated carbocycles. The van der Waals surface area contributed by atoms with Crippen LogP contribution < -0.4 is 10.1 Å². The van der Waals surface area contributed by atoms with Crippen LogP contribution in [0.25, 0.3) is 0 Å². The van der Waals surface area contributed by atoms with Crippen molar-refractivity contribution in [2.45, 2.75) is 51.7 Å². The highest BCUT2D eigenvalue weighted by molar-refractivity contribution is 9.10. The van der Waals surface area contributed by atoms with Crippen molar-refractivity contribution < 1.29 is 23.5 Å². The van der Waals surface area contributed by atoms with Crippen LogP contribution in [0.2, 0.25) is 5.02 Å². The van der Waals surface area contributed by atoms with Crippen LogP contribution >= 0.6 is 27.5 Å². The van der Waals surface area contributed by atoms with Gasteiger partial charge < -0.3 is 19.7 Å². The standard InChI is InChI=1S/C30H31BrClFN2O4/c1-19-13-24(11-12-25(19)33)38-26-14-23(32)10-5-20(26)16-34-27(36)15-30(21-6-8-22(31)9-7-21)17-35(18-30)28(37)39-29(2,3)4/h5-14H,15-18H2,1-4H3,(H,34,36). The van der Waals surface area contributed by atoms with Gasteiger partial charge in [-0.1, -0.05) is 45.7 Å². The van der Waals surface area contributed by atoms with Crippen LogP contribution in [-0.2, 0) is 21.5 Å². The topological polar surface area (TPSA) is 67.9 Å². The summed E-state index contributed by atoms with van der Waals surface area (Å²) in [5, 5.41) is 3.46. The Morgan fingerprint density at radius 1 is 1.08 bits per heavy atom. The van der Waals surface area contributed by atoms with Gasteiger partial charge in [-0.3, -0.25) is 4.79 Å². The molecule has 206 valence electrons. The molecule has 3 aromatic carbocycles. The van der Waals surface area contributed by atoms with Crippen LogP contribution in [0, 0.1) is 12.7 Å². The molecule has 0 atom stereocenters. The predicted octanol–water partition coefficient (Wildman–Crippen LogP) is 7.54. The molecule has 0 aliphatic carbocycles. The molecule has 0 aromatic heterocycles. The van der Waals surface area contributed by atoms with E-state index >= 15 is 0 Å². The number of carbonyl (C=O) groups excluding carboxylic acids is 2. The van der Waals surface area contributed by atoms with E-state index in [1.165, 1.54) is 6.07 Å². The number of nitrogens with one attached hydrogen (secondary N) is 1. The number of benzene rings is 3. The number of amides is 2. The van der Waals surface area contributed by atoms with Crippen molar-refractivity contribution in [1.29, 1.82) is 0 Å². The van der Waals surface area contributed by atoms with Crippen molar-refractivity contribution in [2.75, 3.05) is 13.1 Å². The van der Waals surface area contributed by atoms with E-state index in [0.29, 0.717) is 35.2 Å². The summed E-state index contributed by atoms with van der Waals surface area (Å²) in [6.07, 6.45) is -0.205. The Labute approximate surface area is 241 Å². The zero-order chi connectivity index (χ0) is 28.4. The summed E-state index contributed by atoms with van der Waals surface area (Å²) in [5.74, 6) is 0.452. The Morgan fingerprint density at radius 3 is 2.41 bits per heavy atom. The van der Waals surface area contributed by atoms with E-state index in [4.69, 9.17) is 21.1 Å². The molecule has 3 aromatic rings. The smallest absolute Gasteiger partial charge is 0.410 e. The van der Waals surface area contributed by atoms with Gasteiger partial charge in [0.05, 0.1) is 0 Å². The normalized spacial score (nSPS) is 14.4. The second kappa shape index (κ2) is 11.6. The predicted molar refractivity (Wildman–Crippen MR) is 153 cm³/mol. The molecule has 2 amide bonds. The fraction of sp³-hybridized carbons (Fsp3) is 0.333. The largest absolute Gasteiger partial charge is 0.457 e. The van der Waals surface area contributed by atoms with Gasteiger partial charge in [0.25, 0.3) is 0 Å². The van der Waals surface area contributed by atoms with E-state index in [0.717, 1.165) is 15.6 Å². The van der Waals surface area contributed by atoms with Gasteiger partial charge in [0, 0.05) is 46.5 Å². The number of halogens is 3. The van der Waals surface area contributed by atoms with Crippen molar-refractivity contribution in [1.82, 2.24) is 10.2 Å². The van der Waals surface area contributed by atoms with Crippen molar-refractivity contribution >= 4 is 39.5 Å². The molecule has 0 radical (unpaired) electrons. The summed E-state index contributed by atoms with van der Waals surface area (Å²) < 4.78 is 26.1. The third kappa shape index (κ3) is 7.31. The molecule has 1 fully saturated rings. The minimum atomic E-state index is -0.602. The number of carbonyl (C=O) groups is 2. The van der Waals surface area contributed by atoms with Gasteiger partial charge in [0.1, 0.15) is 22.9 Å². The highest BCUT2D eigenvalue weighted by Gasteiger charge is 2.49. The van der Waals surface area contributed by atoms with Crippen molar-refractivity contribution in [3.05, 3.63) is 92.7 Å². The Hall–Kier alpha value is -3.10. The summed E-state index contributed by atoms with van der Waals surface area (Å²) in [4.78, 5) is 27.5. The van der Waals surface area contributed by atoms with E-state index in [2.05, 4.69) is 21.2 Å². The molecule has 0 unspecified atom stereocenters. The molecule has 0 spiro atoms. The van der Waals surface area contributed by atoms with Crippen LogP contribution in [-0.4, -0.2) is 35.6 Å². The minimum absolute atomic E-state index is 0.166. The van der Waals surface area contributed by atoms with Gasteiger partial charge in [-0.2, -0.15) is 0 Å².